The number of aryl methyl sites for hydroxylation is 1. The number of pyridine rings is 1. The van der Waals surface area contributed by atoms with Crippen LogP contribution in [0.3, 0.4) is 0 Å². The predicted octanol–water partition coefficient (Wildman–Crippen LogP) is 4.71. The Bertz CT molecular complexity index is 2010. The third-order valence-corrected chi connectivity index (χ3v) is 8.87. The van der Waals surface area contributed by atoms with E-state index in [1.807, 2.05) is 43.3 Å². The third-order valence-electron chi connectivity index (χ3n) is 8.87. The van der Waals surface area contributed by atoms with Gasteiger partial charge in [-0.25, -0.2) is 4.39 Å². The lowest BCUT2D eigenvalue weighted by atomic mass is 9.99. The molecule has 5 aromatic rings. The molecule has 2 aromatic heterocycles. The molecule has 8 rings (SSSR count). The number of fused-ring (bicyclic) bond motifs is 8. The molecule has 3 aliphatic heterocycles. The number of hydrogen-bond acceptors (Lipinski definition) is 6. The molecule has 48 heavy (non-hydrogen) atoms. The van der Waals surface area contributed by atoms with E-state index in [0.717, 1.165) is 27.9 Å². The second-order valence-electron chi connectivity index (χ2n) is 12.2. The van der Waals surface area contributed by atoms with E-state index in [0.29, 0.717) is 47.5 Å². The first kappa shape index (κ1) is 30.9. The first-order valence-electron chi connectivity index (χ1n) is 15.8. The topological polar surface area (TPSA) is 126 Å². The number of amides is 3. The average molecular weight is 648 g/mol. The largest absolute Gasteiger partial charge is 0.488 e. The van der Waals surface area contributed by atoms with Crippen LogP contribution >= 0.6 is 0 Å². The maximum Gasteiger partial charge on any atom is 0.258 e. The van der Waals surface area contributed by atoms with Crippen molar-refractivity contribution in [1.29, 1.82) is 0 Å². The quantitative estimate of drug-likeness (QED) is 0.255. The molecule has 3 N–H and O–H groups in total. The Kier molecular flexibility index (Phi) is 8.49. The molecule has 6 bridgehead atoms. The van der Waals surface area contributed by atoms with Crippen molar-refractivity contribution in [3.63, 3.8) is 0 Å². The maximum atomic E-state index is 14.1. The molecule has 1 fully saturated rings. The lowest BCUT2D eigenvalue weighted by Gasteiger charge is -2.39. The van der Waals surface area contributed by atoms with Crippen molar-refractivity contribution in [2.24, 2.45) is 0 Å². The van der Waals surface area contributed by atoms with Crippen molar-refractivity contribution < 1.29 is 28.2 Å². The van der Waals surface area contributed by atoms with Gasteiger partial charge in [-0.05, 0) is 72.1 Å². The number of ether oxygens (including phenoxy) is 2. The van der Waals surface area contributed by atoms with Crippen LogP contribution in [0.15, 0.2) is 85.2 Å². The van der Waals surface area contributed by atoms with Crippen LogP contribution in [0.5, 0.6) is 11.5 Å². The molecule has 3 aliphatic rings. The van der Waals surface area contributed by atoms with Crippen LogP contribution in [0.4, 0.5) is 4.39 Å². The lowest BCUT2D eigenvalue weighted by molar-refractivity contribution is -0.133. The summed E-state index contributed by atoms with van der Waals surface area (Å²) in [6.07, 6.45) is 3.29. The molecule has 11 heteroatoms. The molecule has 10 nitrogen and oxygen atoms in total. The van der Waals surface area contributed by atoms with Crippen LogP contribution in [-0.4, -0.2) is 64.4 Å². The number of nitrogens with zero attached hydrogens (tertiary/aromatic N) is 2. The maximum absolute atomic E-state index is 14.1. The fraction of sp³-hybridized carbons (Fsp3) is 0.243. The standard InChI is InChI=1S/C37H34FN5O5/c1-22-30(31-15-27(38)7-10-32(31)41-22)16-36(45)43-12-11-34-33(20-43)42-37(46)26-13-25(18-39-19-26)24-3-2-4-29(14-24)47-21-35(44)40-17-23-5-8-28(48-34)9-6-23/h2-10,13-15,18-19,33-34,41H,11-12,16-17,20-21H2,1H3,(H,40,44)(H,42,46)/t33-,34+/m1/s1. The smallest absolute Gasteiger partial charge is 0.258 e. The fourth-order valence-corrected chi connectivity index (χ4v) is 6.28. The third kappa shape index (κ3) is 6.71. The summed E-state index contributed by atoms with van der Waals surface area (Å²) in [7, 11) is 0. The van der Waals surface area contributed by atoms with Crippen molar-refractivity contribution in [2.75, 3.05) is 19.7 Å². The van der Waals surface area contributed by atoms with Gasteiger partial charge in [0, 0.05) is 60.6 Å². The molecule has 0 spiro atoms. The minimum absolute atomic E-state index is 0.0915. The molecule has 0 radical (unpaired) electrons. The van der Waals surface area contributed by atoms with Crippen LogP contribution in [0.25, 0.3) is 22.0 Å². The Morgan fingerprint density at radius 2 is 1.81 bits per heavy atom. The summed E-state index contributed by atoms with van der Waals surface area (Å²) in [4.78, 5) is 49.2. The van der Waals surface area contributed by atoms with Crippen molar-refractivity contribution in [1.82, 2.24) is 25.5 Å². The Morgan fingerprint density at radius 1 is 0.979 bits per heavy atom. The van der Waals surface area contributed by atoms with Crippen molar-refractivity contribution in [3.8, 4) is 22.6 Å². The van der Waals surface area contributed by atoms with E-state index >= 15 is 0 Å². The Balaban J connectivity index is 1.17. The molecule has 5 heterocycles. The normalized spacial score (nSPS) is 18.2. The molecule has 0 aliphatic carbocycles. The highest BCUT2D eigenvalue weighted by Gasteiger charge is 2.35. The minimum Gasteiger partial charge on any atom is -0.488 e. The summed E-state index contributed by atoms with van der Waals surface area (Å²) in [5, 5.41) is 6.67. The van der Waals surface area contributed by atoms with E-state index in [-0.39, 0.29) is 43.1 Å². The molecular weight excluding hydrogens is 613 g/mol. The van der Waals surface area contributed by atoms with Crippen molar-refractivity contribution in [3.05, 3.63) is 113 Å². The summed E-state index contributed by atoms with van der Waals surface area (Å²) in [5.74, 6) is 0.0124. The Labute approximate surface area is 276 Å². The number of aromatic nitrogens is 2. The van der Waals surface area contributed by atoms with Crippen molar-refractivity contribution >= 4 is 28.6 Å². The van der Waals surface area contributed by atoms with Crippen LogP contribution in [0.1, 0.15) is 33.6 Å². The summed E-state index contributed by atoms with van der Waals surface area (Å²) in [6.45, 7) is 2.70. The Hall–Kier alpha value is -5.71. The number of rotatable bonds is 2. The number of carbonyl (C=O) groups is 3. The van der Waals surface area contributed by atoms with Crippen molar-refractivity contribution in [2.45, 2.75) is 38.5 Å². The lowest BCUT2D eigenvalue weighted by Crippen LogP contribution is -2.58. The Morgan fingerprint density at radius 3 is 2.67 bits per heavy atom. The zero-order chi connectivity index (χ0) is 33.2. The number of likely N-dealkylation sites (tertiary alicyclic amines) is 1. The molecule has 3 amide bonds. The average Bonchev–Trinajstić information content (AvgIpc) is 3.40. The molecule has 244 valence electrons. The number of carbonyl (C=O) groups excluding carboxylic acids is 3. The monoisotopic (exact) mass is 647 g/mol. The van der Waals surface area contributed by atoms with Gasteiger partial charge in [-0.2, -0.15) is 0 Å². The van der Waals surface area contributed by atoms with Gasteiger partial charge in [-0.3, -0.25) is 19.4 Å². The number of halogens is 1. The minimum atomic E-state index is -0.540. The number of H-pyrrole nitrogens is 1. The summed E-state index contributed by atoms with van der Waals surface area (Å²) in [5.41, 5.74) is 5.03. The molecule has 0 saturated carbocycles. The molecule has 3 aromatic carbocycles. The highest BCUT2D eigenvalue weighted by Crippen LogP contribution is 2.27. The van der Waals surface area contributed by atoms with Gasteiger partial charge in [0.05, 0.1) is 18.0 Å². The second-order valence-corrected chi connectivity index (χ2v) is 12.2. The van der Waals surface area contributed by atoms with Crippen LogP contribution in [0.2, 0.25) is 0 Å². The van der Waals surface area contributed by atoms with E-state index in [1.165, 1.54) is 18.3 Å². The van der Waals surface area contributed by atoms with E-state index in [2.05, 4.69) is 20.6 Å². The highest BCUT2D eigenvalue weighted by molar-refractivity contribution is 5.95. The van der Waals surface area contributed by atoms with Gasteiger partial charge in [-0.1, -0.05) is 24.3 Å². The molecule has 1 saturated heterocycles. The summed E-state index contributed by atoms with van der Waals surface area (Å²) >= 11 is 0. The van der Waals surface area contributed by atoms with Gasteiger partial charge in [0.25, 0.3) is 11.8 Å². The van der Waals surface area contributed by atoms with Gasteiger partial charge >= 0.3 is 0 Å². The zero-order valence-corrected chi connectivity index (χ0v) is 26.3. The molecular formula is C37H34FN5O5. The molecule has 2 atom stereocenters. The number of aromatic amines is 1. The van der Waals surface area contributed by atoms with Gasteiger partial charge in [0.2, 0.25) is 5.91 Å². The number of nitrogens with one attached hydrogen (secondary N) is 3. The van der Waals surface area contributed by atoms with Crippen LogP contribution in [0, 0.1) is 12.7 Å². The van der Waals surface area contributed by atoms with Crippen LogP contribution in [-0.2, 0) is 22.6 Å². The van der Waals surface area contributed by atoms with Gasteiger partial charge < -0.3 is 30.0 Å². The number of hydrogen-bond donors (Lipinski definition) is 3. The number of benzene rings is 3. The zero-order valence-electron chi connectivity index (χ0n) is 26.3. The summed E-state index contributed by atoms with van der Waals surface area (Å²) in [6, 6.07) is 20.3. The first-order chi connectivity index (χ1) is 23.3. The summed E-state index contributed by atoms with van der Waals surface area (Å²) < 4.78 is 26.2. The fourth-order valence-electron chi connectivity index (χ4n) is 6.28. The predicted molar refractivity (Wildman–Crippen MR) is 177 cm³/mol. The van der Waals surface area contributed by atoms with E-state index in [4.69, 9.17) is 9.47 Å². The van der Waals surface area contributed by atoms with E-state index < -0.39 is 12.1 Å². The first-order valence-corrected chi connectivity index (χ1v) is 15.8. The molecule has 0 unspecified atom stereocenters. The SMILES string of the molecule is Cc1[nH]c2ccc(F)cc2c1CC(=O)N1CC[C@@H]2Oc3ccc(cc3)CNC(=O)COc3cccc(c3)-c3cncc(c3)C(=O)N[C@@H]2C1. The van der Waals surface area contributed by atoms with E-state index in [1.54, 1.807) is 35.4 Å². The second kappa shape index (κ2) is 13.2. The van der Waals surface area contributed by atoms with Gasteiger partial charge in [-0.15, -0.1) is 0 Å². The van der Waals surface area contributed by atoms with Gasteiger partial charge in [0.1, 0.15) is 23.4 Å². The highest BCUT2D eigenvalue weighted by atomic mass is 19.1. The van der Waals surface area contributed by atoms with E-state index in [9.17, 15) is 18.8 Å². The number of piperidine rings is 1. The van der Waals surface area contributed by atoms with Crippen LogP contribution < -0.4 is 20.1 Å². The van der Waals surface area contributed by atoms with Gasteiger partial charge in [0.15, 0.2) is 6.61 Å².